The van der Waals surface area contributed by atoms with Crippen molar-refractivity contribution in [1.82, 2.24) is 54.0 Å². The summed E-state index contributed by atoms with van der Waals surface area (Å²) in [4.78, 5) is 132. The molecule has 9 aliphatic rings. The van der Waals surface area contributed by atoms with E-state index in [0.717, 1.165) is 55.1 Å². The van der Waals surface area contributed by atoms with Crippen molar-refractivity contribution in [3.63, 3.8) is 0 Å². The third kappa shape index (κ3) is 23.6. The number of benzene rings is 3. The van der Waals surface area contributed by atoms with Crippen LogP contribution in [-0.4, -0.2) is 176 Å². The zero-order chi connectivity index (χ0) is 77.2. The van der Waals surface area contributed by atoms with Gasteiger partial charge in [0.05, 0.1) is 65.6 Å². The Morgan fingerprint density at radius 2 is 0.647 bits per heavy atom. The average molecular weight is 1650 g/mol. The summed E-state index contributed by atoms with van der Waals surface area (Å²) in [7, 11) is 0. The van der Waals surface area contributed by atoms with Crippen molar-refractivity contribution in [2.45, 2.75) is 347 Å². The number of aliphatic carboxylic acids is 1. The summed E-state index contributed by atoms with van der Waals surface area (Å²) >= 11 is 0. The monoisotopic (exact) mass is 1650 g/mol. The van der Waals surface area contributed by atoms with Gasteiger partial charge in [0.15, 0.2) is 11.4 Å². The normalized spacial score (nSPS) is 23.7. The summed E-state index contributed by atoms with van der Waals surface area (Å²) in [6, 6.07) is 27.7. The maximum atomic E-state index is 13.8. The Morgan fingerprint density at radius 1 is 0.379 bits per heavy atom. The van der Waals surface area contributed by atoms with Gasteiger partial charge in [-0.3, -0.25) is 53.1 Å². The Bertz CT molecular complexity index is 4290. The van der Waals surface area contributed by atoms with Crippen LogP contribution in [0.3, 0.4) is 0 Å². The largest absolute Gasteiger partial charge is 0.481 e. The van der Waals surface area contributed by atoms with Crippen LogP contribution >= 0.6 is 24.8 Å². The van der Waals surface area contributed by atoms with E-state index in [-0.39, 0.29) is 139 Å². The first-order chi connectivity index (χ1) is 53.5. The van der Waals surface area contributed by atoms with E-state index in [0.29, 0.717) is 97.1 Å². The molecule has 9 atom stereocenters. The second-order valence-corrected chi connectivity index (χ2v) is 32.1. The topological polar surface area (TPSA) is 326 Å². The minimum atomic E-state index is -1.24. The number of aromatic nitrogens is 6. The van der Waals surface area contributed by atoms with Crippen LogP contribution in [0.15, 0.2) is 87.2 Å². The lowest BCUT2D eigenvalue weighted by atomic mass is 9.89. The summed E-state index contributed by atoms with van der Waals surface area (Å²) in [6.45, 7) is 4.70. The van der Waals surface area contributed by atoms with E-state index >= 15 is 0 Å². The number of esters is 2. The SMILES string of the molecule is C.C.C.C.CCOC(=O)CCN.CCOC(=O)CCNC(=O)c1nc2ccccc2n(C2C[C@H]3CC[C@@H](C2)N3C2CCCCCCC2)c1=O.Cl.Cl.O=C(O)CCNC(=O)c1nc2ccccc2n(C2C[C@H]3CC[C@@H](C2)N3C2CCCCCCC2)c1=O.O=C(O)c1nc2ccccc2n(C2C[C@H]3CC[C@@H](C2)N3C2CCCCCCC2)c1=O. The molecule has 116 heavy (non-hydrogen) atoms. The molecule has 6 aliphatic heterocycles. The number of halogens is 2. The number of rotatable bonds is 19. The van der Waals surface area contributed by atoms with E-state index in [1.165, 1.54) is 173 Å². The number of piperidine rings is 3. The quantitative estimate of drug-likeness (QED) is 0.0470. The second kappa shape index (κ2) is 47.2. The number of carbonyl (C=O) groups is 6. The molecule has 6 bridgehead atoms. The third-order valence-corrected chi connectivity index (χ3v) is 25.1. The Morgan fingerprint density at radius 3 is 0.931 bits per heavy atom. The number of carboxylic acids is 2. The van der Waals surface area contributed by atoms with Crippen molar-refractivity contribution in [2.24, 2.45) is 5.73 Å². The van der Waals surface area contributed by atoms with Crippen LogP contribution in [0.4, 0.5) is 0 Å². The van der Waals surface area contributed by atoms with Gasteiger partial charge in [-0.05, 0) is 166 Å². The molecular weight excluding hydrogens is 1520 g/mol. The molecule has 2 amide bonds. The molecule has 0 spiro atoms. The number of ether oxygens (including phenoxy) is 2. The predicted octanol–water partition coefficient (Wildman–Crippen LogP) is 15.9. The molecular formula is C89H136Cl2N12O13. The van der Waals surface area contributed by atoms with Gasteiger partial charge >= 0.3 is 23.9 Å². The molecule has 3 aromatic carbocycles. The van der Waals surface area contributed by atoms with Gasteiger partial charge in [0.2, 0.25) is 5.69 Å². The second-order valence-electron chi connectivity index (χ2n) is 32.1. The van der Waals surface area contributed by atoms with Crippen molar-refractivity contribution >= 4 is 93.6 Å². The van der Waals surface area contributed by atoms with Gasteiger partial charge in [0.1, 0.15) is 0 Å². The van der Waals surface area contributed by atoms with Crippen LogP contribution in [0.2, 0.25) is 0 Å². The lowest BCUT2D eigenvalue weighted by Crippen LogP contribution is -2.50. The van der Waals surface area contributed by atoms with Crippen LogP contribution in [0.5, 0.6) is 0 Å². The number of nitrogens with two attached hydrogens (primary N) is 1. The summed E-state index contributed by atoms with van der Waals surface area (Å²) < 4.78 is 14.9. The number of para-hydroxylation sites is 6. The Kier molecular flexibility index (Phi) is 39.5. The smallest absolute Gasteiger partial charge is 0.360 e. The van der Waals surface area contributed by atoms with Gasteiger partial charge in [0, 0.05) is 92.1 Å². The summed E-state index contributed by atoms with van der Waals surface area (Å²) in [5.74, 6) is -3.97. The lowest BCUT2D eigenvalue weighted by Gasteiger charge is -2.45. The van der Waals surface area contributed by atoms with E-state index in [9.17, 15) is 48.3 Å². The minimum Gasteiger partial charge on any atom is -0.481 e. The van der Waals surface area contributed by atoms with Crippen LogP contribution in [0.1, 0.15) is 324 Å². The number of nitrogens with one attached hydrogen (secondary N) is 2. The molecule has 9 fully saturated rings. The van der Waals surface area contributed by atoms with Crippen molar-refractivity contribution in [2.75, 3.05) is 32.8 Å². The van der Waals surface area contributed by atoms with E-state index < -0.39 is 29.3 Å². The zero-order valence-corrected chi connectivity index (χ0v) is 67.3. The van der Waals surface area contributed by atoms with Gasteiger partial charge in [-0.25, -0.2) is 19.7 Å². The fourth-order valence-electron chi connectivity index (χ4n) is 20.5. The number of fused-ring (bicyclic) bond motifs is 9. The molecule has 15 rings (SSSR count). The summed E-state index contributed by atoms with van der Waals surface area (Å²) in [5, 5.41) is 23.7. The van der Waals surface area contributed by atoms with Crippen molar-refractivity contribution in [1.29, 1.82) is 0 Å². The molecule has 3 aliphatic carbocycles. The van der Waals surface area contributed by atoms with Crippen LogP contribution < -0.4 is 33.0 Å². The van der Waals surface area contributed by atoms with Gasteiger partial charge in [-0.15, -0.1) is 24.8 Å². The van der Waals surface area contributed by atoms with Gasteiger partial charge in [-0.2, -0.15) is 0 Å². The molecule has 3 aromatic heterocycles. The minimum absolute atomic E-state index is 0. The average Bonchev–Trinajstić information content (AvgIpc) is 1.41. The lowest BCUT2D eigenvalue weighted by molar-refractivity contribution is -0.143. The van der Waals surface area contributed by atoms with E-state index in [1.54, 1.807) is 24.5 Å². The highest BCUT2D eigenvalue weighted by molar-refractivity contribution is 5.95. The number of hydrogen-bond acceptors (Lipinski definition) is 18. The Labute approximate surface area is 699 Å². The molecule has 6 N–H and O–H groups in total. The first-order valence-corrected chi connectivity index (χ1v) is 41.9. The first kappa shape index (κ1) is 97.2. The van der Waals surface area contributed by atoms with Crippen molar-refractivity contribution in [3.8, 4) is 0 Å². The van der Waals surface area contributed by atoms with Crippen LogP contribution in [0, 0.1) is 0 Å². The standard InChI is InChI=1S/C29H40N4O4.C27H36N4O4.C24H31N3O3.C5H11NO2.4CH4.2ClH/c1-2-37-26(34)16-17-30-28(35)27-29(36)33(25-13-9-8-12-24(25)31-27)23-18-21-14-15-22(19-23)32(21)20-10-6-4-3-5-7-11-20;32-24(33)14-15-28-26(34)25-27(35)31(23-11-7-6-10-22(23)29-25)21-16-19-12-13-20(17-21)30(19)18-8-4-2-1-3-5-9-18;28-23-22(24(29)30)25-20-10-6-7-11-21(20)27(23)19-14-17-12-13-18(15-19)26(17)16-8-4-2-1-3-5-9-16;1-2-8-5(7)3-4-6;;;;;;/h8-9,12-13,20-23H,2-7,10-11,14-19H2,1H3,(H,30,35);6-7,10-11,18-21H,1-5,8-9,12-17H2,(H,28,34)(H,32,33);6-7,10-11,16-19H,1-5,8-9,12-15H2,(H,29,30);2-4,6H2,1H3;4*1H4;2*1H/t21-,22+,23?;19-,20+,21?;17-,18+,19?;;;;;;;. The van der Waals surface area contributed by atoms with Crippen LogP contribution in [0.25, 0.3) is 33.1 Å². The van der Waals surface area contributed by atoms with Gasteiger partial charge < -0.3 is 49.8 Å². The molecule has 27 heteroatoms. The third-order valence-electron chi connectivity index (χ3n) is 25.1. The van der Waals surface area contributed by atoms with Gasteiger partial charge in [-0.1, -0.05) is 162 Å². The Balaban J connectivity index is 0.000000252. The highest BCUT2D eigenvalue weighted by Crippen LogP contribution is 2.48. The van der Waals surface area contributed by atoms with Crippen molar-refractivity contribution < 1.29 is 48.5 Å². The summed E-state index contributed by atoms with van der Waals surface area (Å²) in [5.41, 5.74) is 7.45. The zero-order valence-electron chi connectivity index (χ0n) is 65.7. The Hall–Kier alpha value is -7.68. The molecule has 3 unspecified atom stereocenters. The molecule has 6 aromatic rings. The number of carboxylic acid groups (broad SMARTS) is 2. The van der Waals surface area contributed by atoms with E-state index in [2.05, 4.69) is 45.0 Å². The predicted molar refractivity (Wildman–Crippen MR) is 464 cm³/mol. The number of nitrogens with zero attached hydrogens (tertiary/aromatic N) is 9. The summed E-state index contributed by atoms with van der Waals surface area (Å²) in [6.07, 6.45) is 40.9. The molecule has 25 nitrogen and oxygen atoms in total. The maximum Gasteiger partial charge on any atom is 0.360 e. The first-order valence-electron chi connectivity index (χ1n) is 41.9. The van der Waals surface area contributed by atoms with Crippen molar-refractivity contribution in [3.05, 3.63) is 121 Å². The number of hydrogen-bond donors (Lipinski definition) is 5. The fourth-order valence-corrected chi connectivity index (χ4v) is 20.5. The van der Waals surface area contributed by atoms with Crippen LogP contribution in [-0.2, 0) is 23.9 Å². The highest BCUT2D eigenvalue weighted by atomic mass is 35.5. The molecule has 9 heterocycles. The molecule has 6 saturated heterocycles. The molecule has 0 radical (unpaired) electrons. The maximum absolute atomic E-state index is 13.8. The molecule has 3 saturated carbocycles. The number of carbonyl (C=O) groups excluding carboxylic acids is 4. The fraction of sp³-hybridized carbons (Fsp3) is 0.663. The van der Waals surface area contributed by atoms with Gasteiger partial charge in [0.25, 0.3) is 28.5 Å². The number of amides is 2. The number of aromatic carboxylic acids is 1. The highest BCUT2D eigenvalue weighted by Gasteiger charge is 2.48. The molecule has 644 valence electrons. The van der Waals surface area contributed by atoms with E-state index in [1.807, 2.05) is 75.9 Å². The van der Waals surface area contributed by atoms with E-state index in [4.69, 9.17) is 15.6 Å².